The summed E-state index contributed by atoms with van der Waals surface area (Å²) in [5.74, 6) is 1.02. The average Bonchev–Trinajstić information content (AvgIpc) is 1.64. The standard InChI is InChI=1S/C7H16N/c1-5(2)7(8)6(3)4/h5-8H,1-4H3. The van der Waals surface area contributed by atoms with Crippen molar-refractivity contribution in [2.45, 2.75) is 33.7 Å². The van der Waals surface area contributed by atoms with Crippen LogP contribution in [-0.2, 0) is 0 Å². The molecule has 0 aromatic heterocycles. The molecular formula is C7H16N. The summed E-state index contributed by atoms with van der Waals surface area (Å²) in [5, 5.41) is 0. The summed E-state index contributed by atoms with van der Waals surface area (Å²) in [7, 11) is 0. The molecule has 1 N–H and O–H groups in total. The van der Waals surface area contributed by atoms with Gasteiger partial charge in [-0.25, -0.2) is 0 Å². The lowest BCUT2D eigenvalue weighted by Crippen LogP contribution is -2.22. The average molecular weight is 114 g/mol. The summed E-state index contributed by atoms with van der Waals surface area (Å²) in [6.07, 6.45) is 0. The molecule has 0 atom stereocenters. The molecule has 0 amide bonds. The van der Waals surface area contributed by atoms with Gasteiger partial charge in [-0.05, 0) is 11.8 Å². The molecule has 0 aliphatic heterocycles. The van der Waals surface area contributed by atoms with E-state index in [9.17, 15) is 0 Å². The van der Waals surface area contributed by atoms with Gasteiger partial charge in [-0.3, -0.25) is 5.73 Å². The third kappa shape index (κ3) is 2.31. The fourth-order valence-corrected chi connectivity index (χ4v) is 0.770. The van der Waals surface area contributed by atoms with E-state index in [2.05, 4.69) is 27.7 Å². The Labute approximate surface area is 52.3 Å². The quantitative estimate of drug-likeness (QED) is 0.524. The predicted molar refractivity (Wildman–Crippen MR) is 36.6 cm³/mol. The molecule has 0 spiro atoms. The predicted octanol–water partition coefficient (Wildman–Crippen LogP) is 1.95. The molecule has 0 saturated carbocycles. The molecule has 0 unspecified atom stereocenters. The molecule has 0 heterocycles. The van der Waals surface area contributed by atoms with E-state index < -0.39 is 0 Å². The van der Waals surface area contributed by atoms with E-state index in [-0.39, 0.29) is 6.04 Å². The van der Waals surface area contributed by atoms with Gasteiger partial charge in [0.15, 0.2) is 0 Å². The van der Waals surface area contributed by atoms with Crippen molar-refractivity contribution in [3.63, 3.8) is 0 Å². The molecule has 8 heavy (non-hydrogen) atoms. The Hall–Kier alpha value is -0.0400. The Bertz CT molecular complexity index is 49.4. The van der Waals surface area contributed by atoms with Crippen molar-refractivity contribution in [1.29, 1.82) is 0 Å². The van der Waals surface area contributed by atoms with Crippen LogP contribution in [0.4, 0.5) is 0 Å². The Morgan fingerprint density at radius 1 is 0.875 bits per heavy atom. The Morgan fingerprint density at radius 3 is 1.12 bits per heavy atom. The highest BCUT2D eigenvalue weighted by Crippen LogP contribution is 2.09. The highest BCUT2D eigenvalue weighted by atomic mass is 14.6. The SMILES string of the molecule is CC(C)C([NH])C(C)C. The van der Waals surface area contributed by atoms with Gasteiger partial charge in [-0.15, -0.1) is 0 Å². The van der Waals surface area contributed by atoms with Gasteiger partial charge in [0, 0.05) is 6.04 Å². The molecule has 0 rings (SSSR count). The molecule has 0 aliphatic carbocycles. The first-order chi connectivity index (χ1) is 3.55. The highest BCUT2D eigenvalue weighted by Gasteiger charge is 2.11. The van der Waals surface area contributed by atoms with Gasteiger partial charge in [0.05, 0.1) is 0 Å². The monoisotopic (exact) mass is 114 g/mol. The Kier molecular flexibility index (Phi) is 3.06. The zero-order chi connectivity index (χ0) is 6.73. The van der Waals surface area contributed by atoms with Crippen LogP contribution in [0.2, 0.25) is 0 Å². The maximum absolute atomic E-state index is 7.48. The van der Waals surface area contributed by atoms with Crippen LogP contribution in [0, 0.1) is 11.8 Å². The minimum absolute atomic E-state index is 0.120. The molecule has 0 aromatic rings. The second-order valence-electron chi connectivity index (χ2n) is 3.01. The summed E-state index contributed by atoms with van der Waals surface area (Å²) < 4.78 is 0. The largest absolute Gasteiger partial charge is 0.254 e. The number of hydrogen-bond donors (Lipinski definition) is 0. The van der Waals surface area contributed by atoms with Gasteiger partial charge in [-0.1, -0.05) is 27.7 Å². The van der Waals surface area contributed by atoms with Gasteiger partial charge >= 0.3 is 0 Å². The van der Waals surface area contributed by atoms with Gasteiger partial charge in [0.2, 0.25) is 0 Å². The summed E-state index contributed by atoms with van der Waals surface area (Å²) in [6.45, 7) is 8.38. The summed E-state index contributed by atoms with van der Waals surface area (Å²) in [5.41, 5.74) is 7.48. The lowest BCUT2D eigenvalue weighted by molar-refractivity contribution is 0.376. The van der Waals surface area contributed by atoms with E-state index >= 15 is 0 Å². The van der Waals surface area contributed by atoms with Crippen molar-refractivity contribution >= 4 is 0 Å². The smallest absolute Gasteiger partial charge is 0.0258 e. The fraction of sp³-hybridized carbons (Fsp3) is 1.00. The zero-order valence-corrected chi connectivity index (χ0v) is 6.23. The van der Waals surface area contributed by atoms with Crippen molar-refractivity contribution < 1.29 is 0 Å². The van der Waals surface area contributed by atoms with Crippen molar-refractivity contribution in [3.05, 3.63) is 0 Å². The van der Waals surface area contributed by atoms with Gasteiger partial charge in [-0.2, -0.15) is 0 Å². The number of hydrogen-bond acceptors (Lipinski definition) is 0. The van der Waals surface area contributed by atoms with Crippen molar-refractivity contribution in [1.82, 2.24) is 5.73 Å². The van der Waals surface area contributed by atoms with Crippen LogP contribution in [0.15, 0.2) is 0 Å². The topological polar surface area (TPSA) is 23.8 Å². The Balaban J connectivity index is 3.46. The summed E-state index contributed by atoms with van der Waals surface area (Å²) in [6, 6.07) is 0.120. The van der Waals surface area contributed by atoms with Crippen molar-refractivity contribution in [3.8, 4) is 0 Å². The van der Waals surface area contributed by atoms with Crippen molar-refractivity contribution in [2.24, 2.45) is 11.8 Å². The lowest BCUT2D eigenvalue weighted by atomic mass is 9.95. The second kappa shape index (κ2) is 3.08. The van der Waals surface area contributed by atoms with Crippen molar-refractivity contribution in [2.75, 3.05) is 0 Å². The molecule has 1 heteroatoms. The van der Waals surface area contributed by atoms with E-state index in [1.807, 2.05) is 0 Å². The molecule has 0 aromatic carbocycles. The number of rotatable bonds is 2. The molecule has 1 radical (unpaired) electrons. The number of nitrogens with one attached hydrogen (secondary N) is 1. The van der Waals surface area contributed by atoms with Gasteiger partial charge in [0.25, 0.3) is 0 Å². The first-order valence-electron chi connectivity index (χ1n) is 3.26. The molecular weight excluding hydrogens is 98.1 g/mol. The third-order valence-corrected chi connectivity index (χ3v) is 1.44. The first-order valence-corrected chi connectivity index (χ1v) is 3.26. The maximum Gasteiger partial charge on any atom is 0.0258 e. The van der Waals surface area contributed by atoms with Gasteiger partial charge < -0.3 is 0 Å². The van der Waals surface area contributed by atoms with E-state index in [1.54, 1.807) is 0 Å². The third-order valence-electron chi connectivity index (χ3n) is 1.44. The highest BCUT2D eigenvalue weighted by molar-refractivity contribution is 4.67. The van der Waals surface area contributed by atoms with E-state index in [0.29, 0.717) is 11.8 Å². The second-order valence-corrected chi connectivity index (χ2v) is 3.01. The van der Waals surface area contributed by atoms with Crippen LogP contribution >= 0.6 is 0 Å². The molecule has 0 saturated heterocycles. The van der Waals surface area contributed by atoms with Crippen LogP contribution in [0.1, 0.15) is 27.7 Å². The minimum atomic E-state index is 0.120. The minimum Gasteiger partial charge on any atom is -0.254 e. The van der Waals surface area contributed by atoms with E-state index in [1.165, 1.54) is 0 Å². The fourth-order valence-electron chi connectivity index (χ4n) is 0.770. The van der Waals surface area contributed by atoms with E-state index in [0.717, 1.165) is 0 Å². The molecule has 1 nitrogen and oxygen atoms in total. The van der Waals surface area contributed by atoms with Crippen LogP contribution in [0.3, 0.4) is 0 Å². The molecule has 49 valence electrons. The zero-order valence-electron chi connectivity index (χ0n) is 6.23. The van der Waals surface area contributed by atoms with Gasteiger partial charge in [0.1, 0.15) is 0 Å². The first kappa shape index (κ1) is 7.96. The molecule has 0 bridgehead atoms. The summed E-state index contributed by atoms with van der Waals surface area (Å²) >= 11 is 0. The van der Waals surface area contributed by atoms with Crippen LogP contribution in [0.5, 0.6) is 0 Å². The molecule has 0 fully saturated rings. The maximum atomic E-state index is 7.48. The van der Waals surface area contributed by atoms with E-state index in [4.69, 9.17) is 5.73 Å². The van der Waals surface area contributed by atoms with Crippen LogP contribution in [0.25, 0.3) is 0 Å². The lowest BCUT2D eigenvalue weighted by Gasteiger charge is -2.17. The Morgan fingerprint density at radius 2 is 1.12 bits per heavy atom. The van der Waals surface area contributed by atoms with Crippen LogP contribution < -0.4 is 5.73 Å². The summed E-state index contributed by atoms with van der Waals surface area (Å²) in [4.78, 5) is 0. The molecule has 0 aliphatic rings. The van der Waals surface area contributed by atoms with Crippen LogP contribution in [-0.4, -0.2) is 6.04 Å². The normalized spacial score (nSPS) is 12.0.